The molecule has 1 aromatic carbocycles. The zero-order valence-electron chi connectivity index (χ0n) is 11.9. The number of carboxylic acids is 1. The average molecular weight is 317 g/mol. The van der Waals surface area contributed by atoms with E-state index in [9.17, 15) is 13.2 Å². The van der Waals surface area contributed by atoms with Crippen LogP contribution in [0, 0.1) is 0 Å². The van der Waals surface area contributed by atoms with E-state index in [1.807, 2.05) is 0 Å². The molecule has 0 bridgehead atoms. The number of hydrogen-bond acceptors (Lipinski definition) is 5. The van der Waals surface area contributed by atoms with Crippen molar-refractivity contribution in [1.29, 1.82) is 0 Å². The molecule has 8 heteroatoms. The Labute approximate surface area is 123 Å². The monoisotopic (exact) mass is 317 g/mol. The van der Waals surface area contributed by atoms with E-state index in [-0.39, 0.29) is 13.1 Å². The SMILES string of the molecule is COc1ccccc1CN(CCO)S(=O)(=O)C(C)C(=O)O. The quantitative estimate of drug-likeness (QED) is 0.714. The number of para-hydroxylation sites is 1. The van der Waals surface area contributed by atoms with Crippen molar-refractivity contribution in [3.8, 4) is 5.75 Å². The summed E-state index contributed by atoms with van der Waals surface area (Å²) in [4.78, 5) is 10.9. The Morgan fingerprint density at radius 1 is 1.38 bits per heavy atom. The van der Waals surface area contributed by atoms with Crippen LogP contribution in [0.25, 0.3) is 0 Å². The molecule has 1 aromatic rings. The van der Waals surface area contributed by atoms with Gasteiger partial charge in [-0.25, -0.2) is 8.42 Å². The number of rotatable bonds is 8. The average Bonchev–Trinajstić information content (AvgIpc) is 2.46. The molecule has 0 aromatic heterocycles. The Kier molecular flexibility index (Phi) is 6.13. The maximum absolute atomic E-state index is 12.3. The molecule has 0 aliphatic rings. The Hall–Kier alpha value is -1.64. The topological polar surface area (TPSA) is 104 Å². The van der Waals surface area contributed by atoms with Gasteiger partial charge in [-0.1, -0.05) is 18.2 Å². The zero-order chi connectivity index (χ0) is 16.0. The van der Waals surface area contributed by atoms with Crippen LogP contribution in [0.3, 0.4) is 0 Å². The molecule has 0 spiro atoms. The minimum absolute atomic E-state index is 0.0650. The first-order valence-corrected chi connectivity index (χ1v) is 7.79. The van der Waals surface area contributed by atoms with E-state index >= 15 is 0 Å². The van der Waals surface area contributed by atoms with Crippen molar-refractivity contribution in [1.82, 2.24) is 4.31 Å². The highest BCUT2D eigenvalue weighted by Gasteiger charge is 2.33. The number of aliphatic carboxylic acids is 1. The number of carboxylic acid groups (broad SMARTS) is 1. The number of aliphatic hydroxyl groups is 1. The molecular formula is C13H19NO6S. The lowest BCUT2D eigenvalue weighted by molar-refractivity contribution is -0.136. The summed E-state index contributed by atoms with van der Waals surface area (Å²) in [5.41, 5.74) is 0.592. The van der Waals surface area contributed by atoms with Crippen LogP contribution in [0.15, 0.2) is 24.3 Å². The number of sulfonamides is 1. The van der Waals surface area contributed by atoms with Gasteiger partial charge in [0.1, 0.15) is 5.75 Å². The van der Waals surface area contributed by atoms with Gasteiger partial charge in [0.05, 0.1) is 13.7 Å². The molecule has 7 nitrogen and oxygen atoms in total. The number of nitrogens with zero attached hydrogens (tertiary/aromatic N) is 1. The van der Waals surface area contributed by atoms with Gasteiger partial charge in [-0.3, -0.25) is 4.79 Å². The van der Waals surface area contributed by atoms with Gasteiger partial charge >= 0.3 is 5.97 Å². The summed E-state index contributed by atoms with van der Waals surface area (Å²) in [7, 11) is -2.61. The molecule has 0 saturated heterocycles. The summed E-state index contributed by atoms with van der Waals surface area (Å²) >= 11 is 0. The molecule has 0 aliphatic carbocycles. The molecule has 0 radical (unpaired) electrons. The predicted octanol–water partition coefficient (Wildman–Crippen LogP) is 0.292. The Morgan fingerprint density at radius 3 is 2.52 bits per heavy atom. The van der Waals surface area contributed by atoms with E-state index in [4.69, 9.17) is 14.9 Å². The lowest BCUT2D eigenvalue weighted by Gasteiger charge is -2.24. The molecule has 1 rings (SSSR count). The van der Waals surface area contributed by atoms with Gasteiger partial charge in [-0.15, -0.1) is 0 Å². The highest BCUT2D eigenvalue weighted by Crippen LogP contribution is 2.21. The van der Waals surface area contributed by atoms with Crippen LogP contribution in [0.4, 0.5) is 0 Å². The highest BCUT2D eigenvalue weighted by atomic mass is 32.2. The minimum atomic E-state index is -4.07. The predicted molar refractivity (Wildman–Crippen MR) is 76.5 cm³/mol. The first kappa shape index (κ1) is 17.4. The third-order valence-corrected chi connectivity index (χ3v) is 5.17. The van der Waals surface area contributed by atoms with Gasteiger partial charge in [0, 0.05) is 18.7 Å². The Balaban J connectivity index is 3.10. The molecule has 2 N–H and O–H groups in total. The number of aliphatic hydroxyl groups excluding tert-OH is 1. The maximum atomic E-state index is 12.3. The summed E-state index contributed by atoms with van der Waals surface area (Å²) in [5.74, 6) is -0.934. The molecule has 21 heavy (non-hydrogen) atoms. The second-order valence-electron chi connectivity index (χ2n) is 4.39. The van der Waals surface area contributed by atoms with Gasteiger partial charge in [-0.05, 0) is 13.0 Å². The molecule has 0 heterocycles. The van der Waals surface area contributed by atoms with Crippen molar-refractivity contribution < 1.29 is 28.2 Å². The third-order valence-electron chi connectivity index (χ3n) is 3.04. The Bertz CT molecular complexity index is 586. The fourth-order valence-electron chi connectivity index (χ4n) is 1.78. The van der Waals surface area contributed by atoms with Gasteiger partial charge < -0.3 is 14.9 Å². The molecular weight excluding hydrogens is 298 g/mol. The van der Waals surface area contributed by atoms with Crippen LogP contribution < -0.4 is 4.74 Å². The van der Waals surface area contributed by atoms with Crippen molar-refractivity contribution in [3.05, 3.63) is 29.8 Å². The molecule has 118 valence electrons. The van der Waals surface area contributed by atoms with Crippen LogP contribution in [-0.2, 0) is 21.4 Å². The van der Waals surface area contributed by atoms with Crippen LogP contribution in [0.5, 0.6) is 5.75 Å². The second-order valence-corrected chi connectivity index (χ2v) is 6.65. The van der Waals surface area contributed by atoms with Crippen molar-refractivity contribution >= 4 is 16.0 Å². The normalized spacial score (nSPS) is 13.1. The van der Waals surface area contributed by atoms with E-state index in [1.165, 1.54) is 7.11 Å². The molecule has 0 saturated carbocycles. The number of ether oxygens (including phenoxy) is 1. The first-order chi connectivity index (χ1) is 9.84. The molecule has 1 atom stereocenters. The zero-order valence-corrected chi connectivity index (χ0v) is 12.7. The smallest absolute Gasteiger partial charge is 0.323 e. The van der Waals surface area contributed by atoms with E-state index in [0.29, 0.717) is 11.3 Å². The fourth-order valence-corrected chi connectivity index (χ4v) is 3.14. The number of hydrogen-bond donors (Lipinski definition) is 2. The lowest BCUT2D eigenvalue weighted by atomic mass is 10.2. The highest BCUT2D eigenvalue weighted by molar-refractivity contribution is 7.90. The second kappa shape index (κ2) is 7.39. The van der Waals surface area contributed by atoms with Gasteiger partial charge in [0.15, 0.2) is 5.25 Å². The van der Waals surface area contributed by atoms with E-state index < -0.39 is 27.8 Å². The van der Waals surface area contributed by atoms with E-state index in [2.05, 4.69) is 0 Å². The largest absolute Gasteiger partial charge is 0.496 e. The molecule has 1 unspecified atom stereocenters. The summed E-state index contributed by atoms with van der Waals surface area (Å²) in [6, 6.07) is 6.83. The third kappa shape index (κ3) is 4.16. The van der Waals surface area contributed by atoms with Crippen LogP contribution in [0.1, 0.15) is 12.5 Å². The summed E-state index contributed by atoms with van der Waals surface area (Å²) in [6.07, 6.45) is 0. The summed E-state index contributed by atoms with van der Waals surface area (Å²) < 4.78 is 30.6. The summed E-state index contributed by atoms with van der Waals surface area (Å²) in [5, 5.41) is 16.4. The molecule has 0 fully saturated rings. The van der Waals surface area contributed by atoms with Crippen molar-refractivity contribution in [2.45, 2.75) is 18.7 Å². The van der Waals surface area contributed by atoms with E-state index in [0.717, 1.165) is 11.2 Å². The van der Waals surface area contributed by atoms with Crippen LogP contribution in [-0.4, -0.2) is 54.4 Å². The number of benzene rings is 1. The first-order valence-electron chi connectivity index (χ1n) is 6.29. The lowest BCUT2D eigenvalue weighted by Crippen LogP contribution is -2.42. The van der Waals surface area contributed by atoms with Crippen molar-refractivity contribution in [2.75, 3.05) is 20.3 Å². The Morgan fingerprint density at radius 2 is 2.00 bits per heavy atom. The van der Waals surface area contributed by atoms with Crippen LogP contribution >= 0.6 is 0 Å². The minimum Gasteiger partial charge on any atom is -0.496 e. The van der Waals surface area contributed by atoms with Gasteiger partial charge in [0.2, 0.25) is 10.0 Å². The number of carbonyl (C=O) groups is 1. The summed E-state index contributed by atoms with van der Waals surface area (Å²) in [6.45, 7) is 0.452. The van der Waals surface area contributed by atoms with E-state index in [1.54, 1.807) is 24.3 Å². The fraction of sp³-hybridized carbons (Fsp3) is 0.462. The molecule has 0 aliphatic heterocycles. The van der Waals surface area contributed by atoms with Crippen LogP contribution in [0.2, 0.25) is 0 Å². The van der Waals surface area contributed by atoms with Gasteiger partial charge in [0.25, 0.3) is 0 Å². The number of methoxy groups -OCH3 is 1. The van der Waals surface area contributed by atoms with Crippen molar-refractivity contribution in [2.24, 2.45) is 0 Å². The standard InChI is InChI=1S/C13H19NO6S/c1-10(13(16)17)21(18,19)14(7-8-15)9-11-5-3-4-6-12(11)20-2/h3-6,10,15H,7-9H2,1-2H3,(H,16,17). The van der Waals surface area contributed by atoms with Crippen molar-refractivity contribution in [3.63, 3.8) is 0 Å². The maximum Gasteiger partial charge on any atom is 0.323 e. The molecule has 0 amide bonds. The van der Waals surface area contributed by atoms with Gasteiger partial charge in [-0.2, -0.15) is 4.31 Å².